The Bertz CT molecular complexity index is 1600. The number of nitrogens with one attached hydrogen (secondary N) is 1. The second-order valence-corrected chi connectivity index (χ2v) is 19.3. The van der Waals surface area contributed by atoms with Crippen LogP contribution in [-0.2, 0) is 20.2 Å². The highest BCUT2D eigenvalue weighted by Crippen LogP contribution is 2.69. The minimum Gasteiger partial charge on any atom is -0.449 e. The van der Waals surface area contributed by atoms with E-state index in [1.165, 1.54) is 17.7 Å². The quantitative estimate of drug-likeness (QED) is 0.269. The molecule has 0 unspecified atom stereocenters. The first-order chi connectivity index (χ1) is 23.0. The van der Waals surface area contributed by atoms with Crippen molar-refractivity contribution in [3.05, 3.63) is 54.1 Å². The maximum atomic E-state index is 13.1. The number of ether oxygens (including phenoxy) is 1. The second kappa shape index (κ2) is 13.3. The van der Waals surface area contributed by atoms with Gasteiger partial charge in [0.05, 0.1) is 23.7 Å². The van der Waals surface area contributed by atoms with E-state index in [1.54, 1.807) is 12.1 Å². The van der Waals surface area contributed by atoms with Crippen LogP contribution in [0.25, 0.3) is 11.1 Å². The average molecular weight is 694 g/mol. The summed E-state index contributed by atoms with van der Waals surface area (Å²) in [7, 11) is -4.10. The minimum absolute atomic E-state index is 0.00954. The Hall–Kier alpha value is -2.42. The number of sulfonamides is 1. The Kier molecular flexibility index (Phi) is 9.86. The SMILES string of the molecule is CC[C@H]1[C@@H](O)[C@@H]2[C@H](CC[C@]3(C)[C@@H]([C@H](C)COC(=O)NS(=O)(=O)c4ccc(-c5ccc(C(C)(C)C)cc5)cc4)CC[C@@H]23)[C@@]2(C)CC[C@@H](O)C[C@@H]12. The van der Waals surface area contributed by atoms with Crippen LogP contribution >= 0.6 is 0 Å². The van der Waals surface area contributed by atoms with Crippen LogP contribution in [0.5, 0.6) is 0 Å². The third-order valence-corrected chi connectivity index (χ3v) is 15.4. The zero-order valence-corrected chi connectivity index (χ0v) is 31.4. The Morgan fingerprint density at radius 3 is 2.10 bits per heavy atom. The molecule has 0 spiro atoms. The van der Waals surface area contributed by atoms with E-state index in [1.807, 2.05) is 12.1 Å². The number of amides is 1. The molecule has 0 heterocycles. The highest BCUT2D eigenvalue weighted by atomic mass is 32.2. The average Bonchev–Trinajstić information content (AvgIpc) is 3.41. The van der Waals surface area contributed by atoms with Gasteiger partial charge in [0.2, 0.25) is 0 Å². The predicted octanol–water partition coefficient (Wildman–Crippen LogP) is 8.33. The predicted molar refractivity (Wildman–Crippen MR) is 193 cm³/mol. The molecule has 270 valence electrons. The van der Waals surface area contributed by atoms with Gasteiger partial charge in [0, 0.05) is 0 Å². The van der Waals surface area contributed by atoms with Crippen molar-refractivity contribution in [2.75, 3.05) is 6.61 Å². The Balaban J connectivity index is 1.07. The van der Waals surface area contributed by atoms with Crippen molar-refractivity contribution in [2.45, 2.75) is 122 Å². The summed E-state index contributed by atoms with van der Waals surface area (Å²) < 4.78 is 33.9. The Morgan fingerprint density at radius 2 is 1.49 bits per heavy atom. The van der Waals surface area contributed by atoms with Crippen molar-refractivity contribution in [2.24, 2.45) is 52.3 Å². The van der Waals surface area contributed by atoms with Crippen LogP contribution in [0.15, 0.2) is 53.4 Å². The van der Waals surface area contributed by atoms with Crippen molar-refractivity contribution >= 4 is 16.1 Å². The third-order valence-electron chi connectivity index (χ3n) is 14.1. The molecular formula is C41H59NO6S. The van der Waals surface area contributed by atoms with Gasteiger partial charge in [0.15, 0.2) is 0 Å². The molecule has 6 rings (SSSR count). The van der Waals surface area contributed by atoms with Gasteiger partial charge in [-0.1, -0.05) is 91.3 Å². The summed E-state index contributed by atoms with van der Waals surface area (Å²) in [5, 5.41) is 22.5. The lowest BCUT2D eigenvalue weighted by atomic mass is 9.41. The van der Waals surface area contributed by atoms with Crippen LogP contribution in [0.4, 0.5) is 4.79 Å². The number of benzene rings is 2. The fourth-order valence-electron chi connectivity index (χ4n) is 11.4. The first-order valence-electron chi connectivity index (χ1n) is 18.8. The summed E-state index contributed by atoms with van der Waals surface area (Å²) in [5.41, 5.74) is 3.34. The minimum atomic E-state index is -4.10. The van der Waals surface area contributed by atoms with E-state index in [0.717, 1.165) is 62.5 Å². The molecule has 0 bridgehead atoms. The van der Waals surface area contributed by atoms with Crippen molar-refractivity contribution in [3.8, 4) is 11.1 Å². The van der Waals surface area contributed by atoms with E-state index >= 15 is 0 Å². The highest BCUT2D eigenvalue weighted by molar-refractivity contribution is 7.90. The van der Waals surface area contributed by atoms with Crippen LogP contribution in [0.3, 0.4) is 0 Å². The van der Waals surface area contributed by atoms with Crippen LogP contribution in [0.1, 0.15) is 105 Å². The van der Waals surface area contributed by atoms with Gasteiger partial charge in [-0.15, -0.1) is 0 Å². The number of aliphatic hydroxyl groups excluding tert-OH is 2. The smallest absolute Gasteiger partial charge is 0.421 e. The van der Waals surface area contributed by atoms with Crippen molar-refractivity contribution in [3.63, 3.8) is 0 Å². The second-order valence-electron chi connectivity index (χ2n) is 17.7. The van der Waals surface area contributed by atoms with Gasteiger partial charge < -0.3 is 14.9 Å². The summed E-state index contributed by atoms with van der Waals surface area (Å²) in [6.45, 7) is 15.8. The molecular weight excluding hydrogens is 635 g/mol. The number of carbonyl (C=O) groups is 1. The number of fused-ring (bicyclic) bond motifs is 5. The topological polar surface area (TPSA) is 113 Å². The molecule has 49 heavy (non-hydrogen) atoms. The van der Waals surface area contributed by atoms with Crippen LogP contribution in [-0.4, -0.2) is 43.5 Å². The standard InChI is InChI=1S/C41H59NO6S/c1-8-31-35-23-29(43)19-21-41(35,7)34-20-22-40(6)32(17-18-33(40)36(34)37(31)44)25(2)24-48-38(45)42-49(46,47)30-15-11-27(12-16-30)26-9-13-28(14-10-26)39(3,4)5/h9-16,25,29,31-37,43-44H,8,17-24H2,1-7H3,(H,42,45)/t25-,29-,31-,32-,33+,34+,35+,36+,37-,40-,41-/m1/s1. The summed E-state index contributed by atoms with van der Waals surface area (Å²) in [4.78, 5) is 12.9. The molecule has 2 aromatic carbocycles. The van der Waals surface area contributed by atoms with E-state index in [4.69, 9.17) is 4.74 Å². The lowest BCUT2D eigenvalue weighted by Crippen LogP contribution is -2.62. The molecule has 7 nitrogen and oxygen atoms in total. The fraction of sp³-hybridized carbons (Fsp3) is 0.683. The van der Waals surface area contributed by atoms with Gasteiger partial charge in [-0.25, -0.2) is 17.9 Å². The van der Waals surface area contributed by atoms with Gasteiger partial charge >= 0.3 is 6.09 Å². The number of rotatable bonds is 7. The first-order valence-corrected chi connectivity index (χ1v) is 20.2. The maximum Gasteiger partial charge on any atom is 0.421 e. The molecule has 0 saturated heterocycles. The van der Waals surface area contributed by atoms with Crippen molar-refractivity contribution < 1.29 is 28.2 Å². The molecule has 11 atom stereocenters. The van der Waals surface area contributed by atoms with E-state index in [2.05, 4.69) is 65.3 Å². The molecule has 4 aliphatic carbocycles. The van der Waals surface area contributed by atoms with Crippen LogP contribution < -0.4 is 4.72 Å². The largest absolute Gasteiger partial charge is 0.449 e. The monoisotopic (exact) mass is 693 g/mol. The maximum absolute atomic E-state index is 13.1. The summed E-state index contributed by atoms with van der Waals surface area (Å²) in [5.74, 6) is 2.07. The van der Waals surface area contributed by atoms with Gasteiger partial charge in [0.1, 0.15) is 0 Å². The van der Waals surface area contributed by atoms with Gasteiger partial charge in [-0.05, 0) is 131 Å². The number of aliphatic hydroxyl groups is 2. The highest BCUT2D eigenvalue weighted by Gasteiger charge is 2.65. The molecule has 0 radical (unpaired) electrons. The lowest BCUT2D eigenvalue weighted by Gasteiger charge is -2.64. The van der Waals surface area contributed by atoms with Gasteiger partial charge in [0.25, 0.3) is 10.0 Å². The van der Waals surface area contributed by atoms with Gasteiger partial charge in [-0.3, -0.25) is 0 Å². The Labute approximate surface area is 294 Å². The zero-order chi connectivity index (χ0) is 35.5. The summed E-state index contributed by atoms with van der Waals surface area (Å²) in [6, 6.07) is 14.8. The van der Waals surface area contributed by atoms with Crippen molar-refractivity contribution in [1.29, 1.82) is 0 Å². The van der Waals surface area contributed by atoms with E-state index in [-0.39, 0.29) is 57.7 Å². The molecule has 4 saturated carbocycles. The summed E-state index contributed by atoms with van der Waals surface area (Å²) >= 11 is 0. The molecule has 2 aromatic rings. The lowest BCUT2D eigenvalue weighted by molar-refractivity contribution is -0.203. The van der Waals surface area contributed by atoms with E-state index < -0.39 is 16.1 Å². The van der Waals surface area contributed by atoms with Gasteiger partial charge in [-0.2, -0.15) is 0 Å². The molecule has 0 aliphatic heterocycles. The zero-order valence-electron chi connectivity index (χ0n) is 30.6. The number of carbonyl (C=O) groups excluding carboxylic acids is 1. The number of hydrogen-bond acceptors (Lipinski definition) is 6. The molecule has 3 N–H and O–H groups in total. The first kappa shape index (κ1) is 36.4. The molecule has 4 aliphatic rings. The third kappa shape index (κ3) is 6.59. The fourth-order valence-corrected chi connectivity index (χ4v) is 12.3. The van der Waals surface area contributed by atoms with E-state index in [9.17, 15) is 23.4 Å². The molecule has 1 amide bonds. The van der Waals surface area contributed by atoms with E-state index in [0.29, 0.717) is 23.7 Å². The normalized spacial score (nSPS) is 36.6. The number of hydrogen-bond donors (Lipinski definition) is 3. The molecule has 4 fully saturated rings. The molecule has 0 aromatic heterocycles. The van der Waals surface area contributed by atoms with Crippen molar-refractivity contribution in [1.82, 2.24) is 4.72 Å². The van der Waals surface area contributed by atoms with Crippen LogP contribution in [0.2, 0.25) is 0 Å². The summed E-state index contributed by atoms with van der Waals surface area (Å²) in [6.07, 6.45) is 6.31. The Morgan fingerprint density at radius 1 is 0.898 bits per heavy atom. The van der Waals surface area contributed by atoms with Crippen LogP contribution in [0, 0.1) is 52.3 Å². The molecule has 8 heteroatoms.